The molecule has 0 nitrogen and oxygen atoms in total. The summed E-state index contributed by atoms with van der Waals surface area (Å²) in [6, 6.07) is 3.04. The Morgan fingerprint density at radius 3 is 1.93 bits per heavy atom. The first-order valence-electron chi connectivity index (χ1n) is 12.6. The Morgan fingerprint density at radius 2 is 1.37 bits per heavy atom. The van der Waals surface area contributed by atoms with E-state index in [0.717, 1.165) is 43.1 Å². The third-order valence-corrected chi connectivity index (χ3v) is 7.70. The average molecular weight is 415 g/mol. The first-order chi connectivity index (χ1) is 14.6. The van der Waals surface area contributed by atoms with Crippen LogP contribution in [0.3, 0.4) is 0 Å². The number of rotatable bonds is 7. The Bertz CT molecular complexity index is 687. The molecular weight excluding hydrogens is 374 g/mol. The molecule has 2 fully saturated rings. The molecule has 0 bridgehead atoms. The molecule has 0 N–H and O–H groups in total. The van der Waals surface area contributed by atoms with Gasteiger partial charge in [0.05, 0.1) is 5.56 Å². The standard InChI is InChI=1S/C28H40F2/c1-3-5-6-22-11-13-23(14-12-22)15-16-25-19-27(29)26(28(30)20-25)18-17-24-9-7-21(4-2)8-10-24/h19-24H,3-16H2,1-2H3/t21-,22-,23-,24-. The van der Waals surface area contributed by atoms with Gasteiger partial charge in [0, 0.05) is 5.92 Å². The van der Waals surface area contributed by atoms with Crippen LogP contribution in [0.15, 0.2) is 12.1 Å². The monoisotopic (exact) mass is 414 g/mol. The van der Waals surface area contributed by atoms with E-state index >= 15 is 0 Å². The number of hydrogen-bond acceptors (Lipinski definition) is 0. The zero-order valence-corrected chi connectivity index (χ0v) is 19.1. The predicted molar refractivity (Wildman–Crippen MR) is 122 cm³/mol. The van der Waals surface area contributed by atoms with Gasteiger partial charge in [-0.3, -0.25) is 0 Å². The Hall–Kier alpha value is -1.36. The highest BCUT2D eigenvalue weighted by Crippen LogP contribution is 2.34. The van der Waals surface area contributed by atoms with Crippen molar-refractivity contribution < 1.29 is 8.78 Å². The minimum atomic E-state index is -0.483. The van der Waals surface area contributed by atoms with Crippen LogP contribution in [-0.2, 0) is 6.42 Å². The molecule has 2 heteroatoms. The second-order valence-corrected chi connectivity index (χ2v) is 9.90. The molecule has 0 unspecified atom stereocenters. The lowest BCUT2D eigenvalue weighted by atomic mass is 9.78. The fourth-order valence-electron chi connectivity index (χ4n) is 5.45. The van der Waals surface area contributed by atoms with Crippen LogP contribution in [0.1, 0.15) is 108 Å². The van der Waals surface area contributed by atoms with E-state index in [9.17, 15) is 8.78 Å². The molecule has 0 aromatic heterocycles. The summed E-state index contributed by atoms with van der Waals surface area (Å²) in [4.78, 5) is 0. The van der Waals surface area contributed by atoms with Gasteiger partial charge >= 0.3 is 0 Å². The van der Waals surface area contributed by atoms with Gasteiger partial charge in [-0.25, -0.2) is 8.78 Å². The number of hydrogen-bond donors (Lipinski definition) is 0. The summed E-state index contributed by atoms with van der Waals surface area (Å²) in [6.45, 7) is 4.50. The highest BCUT2D eigenvalue weighted by molar-refractivity contribution is 5.39. The van der Waals surface area contributed by atoms with Crippen LogP contribution in [0.25, 0.3) is 0 Å². The van der Waals surface area contributed by atoms with E-state index in [1.165, 1.54) is 76.3 Å². The second kappa shape index (κ2) is 11.9. The Balaban J connectivity index is 1.50. The third kappa shape index (κ3) is 6.83. The van der Waals surface area contributed by atoms with Crippen molar-refractivity contribution in [2.24, 2.45) is 23.7 Å². The third-order valence-electron chi connectivity index (χ3n) is 7.70. The van der Waals surface area contributed by atoms with Crippen molar-refractivity contribution in [3.8, 4) is 11.8 Å². The number of benzene rings is 1. The van der Waals surface area contributed by atoms with Gasteiger partial charge in [0.15, 0.2) is 0 Å². The van der Waals surface area contributed by atoms with Crippen molar-refractivity contribution >= 4 is 0 Å². The fourth-order valence-corrected chi connectivity index (χ4v) is 5.45. The van der Waals surface area contributed by atoms with Gasteiger partial charge in [-0.05, 0) is 74.0 Å². The highest BCUT2D eigenvalue weighted by atomic mass is 19.1. The van der Waals surface area contributed by atoms with Crippen molar-refractivity contribution in [3.05, 3.63) is 34.9 Å². The maximum atomic E-state index is 14.6. The van der Waals surface area contributed by atoms with Crippen LogP contribution in [0, 0.1) is 47.1 Å². The van der Waals surface area contributed by atoms with Crippen molar-refractivity contribution in [1.82, 2.24) is 0 Å². The van der Waals surface area contributed by atoms with Crippen LogP contribution >= 0.6 is 0 Å². The Morgan fingerprint density at radius 1 is 0.800 bits per heavy atom. The summed E-state index contributed by atoms with van der Waals surface area (Å²) < 4.78 is 29.1. The number of aryl methyl sites for hydroxylation is 1. The average Bonchev–Trinajstić information content (AvgIpc) is 2.77. The molecule has 0 amide bonds. The van der Waals surface area contributed by atoms with Crippen molar-refractivity contribution in [2.45, 2.75) is 104 Å². The first kappa shape index (κ1) is 23.3. The van der Waals surface area contributed by atoms with Crippen LogP contribution < -0.4 is 0 Å². The quantitative estimate of drug-likeness (QED) is 0.393. The Kier molecular flexibility index (Phi) is 9.23. The molecule has 1 aromatic carbocycles. The highest BCUT2D eigenvalue weighted by Gasteiger charge is 2.21. The van der Waals surface area contributed by atoms with Gasteiger partial charge in [-0.15, -0.1) is 0 Å². The normalized spacial score (nSPS) is 26.8. The molecule has 2 aliphatic carbocycles. The van der Waals surface area contributed by atoms with Crippen LogP contribution in [0.4, 0.5) is 8.78 Å². The molecule has 3 rings (SSSR count). The molecule has 0 radical (unpaired) electrons. The molecule has 0 aliphatic heterocycles. The lowest BCUT2D eigenvalue weighted by Crippen LogP contribution is -2.15. The lowest BCUT2D eigenvalue weighted by molar-refractivity contribution is 0.250. The lowest BCUT2D eigenvalue weighted by Gasteiger charge is -2.28. The van der Waals surface area contributed by atoms with E-state index in [0.29, 0.717) is 11.8 Å². The molecule has 2 aliphatic rings. The smallest absolute Gasteiger partial charge is 0.142 e. The minimum absolute atomic E-state index is 0.0344. The van der Waals surface area contributed by atoms with E-state index in [-0.39, 0.29) is 5.56 Å². The zero-order chi connectivity index (χ0) is 21.3. The molecule has 0 saturated heterocycles. The molecule has 1 aromatic rings. The van der Waals surface area contributed by atoms with Crippen LogP contribution in [0.2, 0.25) is 0 Å². The summed E-state index contributed by atoms with van der Waals surface area (Å²) in [5.41, 5.74) is 0.750. The maximum Gasteiger partial charge on any atom is 0.142 e. The minimum Gasteiger partial charge on any atom is -0.206 e. The molecule has 0 atom stereocenters. The van der Waals surface area contributed by atoms with E-state index in [1.54, 1.807) is 0 Å². The zero-order valence-electron chi connectivity index (χ0n) is 19.1. The second-order valence-electron chi connectivity index (χ2n) is 9.90. The maximum absolute atomic E-state index is 14.6. The topological polar surface area (TPSA) is 0 Å². The van der Waals surface area contributed by atoms with Crippen molar-refractivity contribution in [1.29, 1.82) is 0 Å². The summed E-state index contributed by atoms with van der Waals surface area (Å²) in [5, 5.41) is 0. The fraction of sp³-hybridized carbons (Fsp3) is 0.714. The molecule has 0 spiro atoms. The summed E-state index contributed by atoms with van der Waals surface area (Å²) >= 11 is 0. The van der Waals surface area contributed by atoms with Crippen molar-refractivity contribution in [3.63, 3.8) is 0 Å². The summed E-state index contributed by atoms with van der Waals surface area (Å²) in [7, 11) is 0. The van der Waals surface area contributed by atoms with Gasteiger partial charge in [0.25, 0.3) is 0 Å². The summed E-state index contributed by atoms with van der Waals surface area (Å²) in [5.74, 6) is 7.75. The van der Waals surface area contributed by atoms with E-state index in [2.05, 4.69) is 25.7 Å². The van der Waals surface area contributed by atoms with Crippen LogP contribution in [-0.4, -0.2) is 0 Å². The van der Waals surface area contributed by atoms with Crippen LogP contribution in [0.5, 0.6) is 0 Å². The summed E-state index contributed by atoms with van der Waals surface area (Å²) in [6.07, 6.45) is 16.8. The largest absolute Gasteiger partial charge is 0.206 e. The predicted octanol–water partition coefficient (Wildman–Crippen LogP) is 8.46. The SMILES string of the molecule is CCCC[C@H]1CC[C@H](CCc2cc(F)c(C#C[C@H]3CC[C@H](CC)CC3)c(F)c2)CC1. The van der Waals surface area contributed by atoms with E-state index in [1.807, 2.05) is 0 Å². The molecule has 166 valence electrons. The van der Waals surface area contributed by atoms with Gasteiger partial charge in [0.1, 0.15) is 11.6 Å². The van der Waals surface area contributed by atoms with E-state index in [4.69, 9.17) is 0 Å². The van der Waals surface area contributed by atoms with Gasteiger partial charge in [-0.1, -0.05) is 77.1 Å². The van der Waals surface area contributed by atoms with Gasteiger partial charge < -0.3 is 0 Å². The molecular formula is C28H40F2. The number of halogens is 2. The Labute approximate surface area is 183 Å². The van der Waals surface area contributed by atoms with Gasteiger partial charge in [-0.2, -0.15) is 0 Å². The molecule has 2 saturated carbocycles. The van der Waals surface area contributed by atoms with E-state index < -0.39 is 11.6 Å². The van der Waals surface area contributed by atoms with Crippen molar-refractivity contribution in [2.75, 3.05) is 0 Å². The first-order valence-corrected chi connectivity index (χ1v) is 12.6. The molecule has 30 heavy (non-hydrogen) atoms. The number of unbranched alkanes of at least 4 members (excludes halogenated alkanes) is 1. The molecule has 0 heterocycles. The van der Waals surface area contributed by atoms with Gasteiger partial charge in [0.2, 0.25) is 0 Å².